The van der Waals surface area contributed by atoms with Crippen molar-refractivity contribution in [3.8, 4) is 5.75 Å². The zero-order chi connectivity index (χ0) is 18.4. The van der Waals surface area contributed by atoms with E-state index in [9.17, 15) is 18.0 Å². The first kappa shape index (κ1) is 19.2. The van der Waals surface area contributed by atoms with E-state index >= 15 is 0 Å². The highest BCUT2D eigenvalue weighted by atomic mass is 32.2. The molecule has 0 radical (unpaired) electrons. The summed E-state index contributed by atoms with van der Waals surface area (Å²) in [6.07, 6.45) is 0.562. The molecule has 1 fully saturated rings. The first-order valence-corrected chi connectivity index (χ1v) is 10.1. The molecule has 8 heteroatoms. The van der Waals surface area contributed by atoms with E-state index in [0.29, 0.717) is 18.7 Å². The smallest absolute Gasteiger partial charge is 0.223 e. The van der Waals surface area contributed by atoms with Crippen LogP contribution in [0.5, 0.6) is 5.75 Å². The zero-order valence-corrected chi connectivity index (χ0v) is 15.3. The number of hydrogen-bond donors (Lipinski definition) is 1. The molecular weight excluding hydrogens is 344 g/mol. The third-order valence-electron chi connectivity index (χ3n) is 4.00. The maximum Gasteiger partial charge on any atom is 0.223 e. The Hall–Kier alpha value is -2.09. The van der Waals surface area contributed by atoms with Crippen LogP contribution in [0.2, 0.25) is 0 Å². The van der Waals surface area contributed by atoms with Gasteiger partial charge >= 0.3 is 0 Å². The Morgan fingerprint density at radius 3 is 2.48 bits per heavy atom. The maximum atomic E-state index is 12.0. The number of nitrogens with one attached hydrogen (secondary N) is 1. The van der Waals surface area contributed by atoms with Gasteiger partial charge in [0.25, 0.3) is 0 Å². The molecule has 138 valence electrons. The Labute approximate surface area is 148 Å². The number of hydrogen-bond acceptors (Lipinski definition) is 5. The second-order valence-corrected chi connectivity index (χ2v) is 8.24. The van der Waals surface area contributed by atoms with Crippen molar-refractivity contribution in [2.24, 2.45) is 0 Å². The van der Waals surface area contributed by atoms with Gasteiger partial charge < -0.3 is 15.0 Å². The standard InChI is InChI=1S/C17H24N2O5S/c1-3-24-16-6-4-15(5-7-16)19(13(2)20)10-8-17(21)18-14-9-11-25(22,23)12-14/h4-7,14H,3,8-12H2,1-2H3,(H,18,21). The number of anilines is 1. The van der Waals surface area contributed by atoms with Crippen molar-refractivity contribution in [1.82, 2.24) is 5.32 Å². The summed E-state index contributed by atoms with van der Waals surface area (Å²) in [6, 6.07) is 6.77. The maximum absolute atomic E-state index is 12.0. The van der Waals surface area contributed by atoms with Crippen LogP contribution in [0.4, 0.5) is 5.69 Å². The summed E-state index contributed by atoms with van der Waals surface area (Å²) in [7, 11) is -3.03. The van der Waals surface area contributed by atoms with Crippen molar-refractivity contribution in [1.29, 1.82) is 0 Å². The molecule has 0 aliphatic carbocycles. The monoisotopic (exact) mass is 368 g/mol. The lowest BCUT2D eigenvalue weighted by molar-refractivity contribution is -0.121. The van der Waals surface area contributed by atoms with Gasteiger partial charge in [-0.25, -0.2) is 8.42 Å². The Kier molecular flexibility index (Phi) is 6.41. The lowest BCUT2D eigenvalue weighted by Gasteiger charge is -2.21. The average Bonchev–Trinajstić information content (AvgIpc) is 2.87. The highest BCUT2D eigenvalue weighted by molar-refractivity contribution is 7.91. The van der Waals surface area contributed by atoms with Crippen LogP contribution in [0, 0.1) is 0 Å². The summed E-state index contributed by atoms with van der Waals surface area (Å²) < 4.78 is 28.2. The fraction of sp³-hybridized carbons (Fsp3) is 0.529. The van der Waals surface area contributed by atoms with E-state index in [2.05, 4.69) is 5.32 Å². The molecule has 1 N–H and O–H groups in total. The Balaban J connectivity index is 1.91. The number of nitrogens with zero attached hydrogens (tertiary/aromatic N) is 1. The molecule has 2 amide bonds. The minimum Gasteiger partial charge on any atom is -0.494 e. The molecule has 1 unspecified atom stereocenters. The molecule has 25 heavy (non-hydrogen) atoms. The molecule has 1 aromatic rings. The number of benzene rings is 1. The average molecular weight is 368 g/mol. The fourth-order valence-electron chi connectivity index (χ4n) is 2.78. The van der Waals surface area contributed by atoms with Crippen LogP contribution in [-0.2, 0) is 19.4 Å². The van der Waals surface area contributed by atoms with Crippen molar-refractivity contribution in [3.63, 3.8) is 0 Å². The van der Waals surface area contributed by atoms with E-state index < -0.39 is 9.84 Å². The van der Waals surface area contributed by atoms with Crippen LogP contribution in [0.3, 0.4) is 0 Å². The third-order valence-corrected chi connectivity index (χ3v) is 5.77. The second-order valence-electron chi connectivity index (χ2n) is 6.02. The number of sulfone groups is 1. The fourth-order valence-corrected chi connectivity index (χ4v) is 4.45. The number of carbonyl (C=O) groups is 2. The molecule has 1 heterocycles. The summed E-state index contributed by atoms with van der Waals surface area (Å²) in [4.78, 5) is 25.4. The molecule has 0 spiro atoms. The second kappa shape index (κ2) is 8.33. The molecule has 0 aromatic heterocycles. The van der Waals surface area contributed by atoms with Crippen molar-refractivity contribution in [2.75, 3.05) is 29.6 Å². The van der Waals surface area contributed by atoms with Gasteiger partial charge in [0.1, 0.15) is 5.75 Å². The molecule has 1 aliphatic rings. The lowest BCUT2D eigenvalue weighted by Crippen LogP contribution is -2.38. The zero-order valence-electron chi connectivity index (χ0n) is 14.5. The van der Waals surface area contributed by atoms with Gasteiger partial charge in [0.2, 0.25) is 11.8 Å². The number of ether oxygens (including phenoxy) is 1. The molecule has 2 rings (SSSR count). The van der Waals surface area contributed by atoms with Crippen molar-refractivity contribution in [2.45, 2.75) is 32.7 Å². The van der Waals surface area contributed by atoms with Crippen molar-refractivity contribution >= 4 is 27.3 Å². The van der Waals surface area contributed by atoms with E-state index in [-0.39, 0.29) is 42.3 Å². The van der Waals surface area contributed by atoms with Gasteiger partial charge in [-0.15, -0.1) is 0 Å². The largest absolute Gasteiger partial charge is 0.494 e. The summed E-state index contributed by atoms with van der Waals surface area (Å²) in [5.41, 5.74) is 0.687. The Morgan fingerprint density at radius 2 is 1.96 bits per heavy atom. The first-order valence-electron chi connectivity index (χ1n) is 8.31. The lowest BCUT2D eigenvalue weighted by atomic mass is 10.2. The highest BCUT2D eigenvalue weighted by Gasteiger charge is 2.28. The van der Waals surface area contributed by atoms with Gasteiger partial charge in [-0.05, 0) is 37.6 Å². The highest BCUT2D eigenvalue weighted by Crippen LogP contribution is 2.20. The van der Waals surface area contributed by atoms with Gasteiger partial charge in [0.15, 0.2) is 9.84 Å². The van der Waals surface area contributed by atoms with Gasteiger partial charge in [-0.1, -0.05) is 0 Å². The summed E-state index contributed by atoms with van der Waals surface area (Å²) in [6.45, 7) is 4.13. The summed E-state index contributed by atoms with van der Waals surface area (Å²) in [5, 5.41) is 2.73. The van der Waals surface area contributed by atoms with Crippen LogP contribution < -0.4 is 15.0 Å². The molecule has 1 saturated heterocycles. The van der Waals surface area contributed by atoms with Gasteiger partial charge in [-0.3, -0.25) is 9.59 Å². The normalized spacial score (nSPS) is 18.6. The third kappa shape index (κ3) is 5.74. The predicted molar refractivity (Wildman–Crippen MR) is 95.5 cm³/mol. The van der Waals surface area contributed by atoms with E-state index in [1.54, 1.807) is 24.3 Å². The number of rotatable bonds is 7. The van der Waals surface area contributed by atoms with E-state index in [4.69, 9.17) is 4.74 Å². The van der Waals surface area contributed by atoms with E-state index in [1.807, 2.05) is 6.92 Å². The summed E-state index contributed by atoms with van der Waals surface area (Å²) in [5.74, 6) is 0.409. The molecule has 1 aromatic carbocycles. The molecule has 0 bridgehead atoms. The minimum atomic E-state index is -3.03. The van der Waals surface area contributed by atoms with Crippen LogP contribution in [0.15, 0.2) is 24.3 Å². The molecular formula is C17H24N2O5S. The Morgan fingerprint density at radius 1 is 1.28 bits per heavy atom. The van der Waals surface area contributed by atoms with Crippen molar-refractivity contribution in [3.05, 3.63) is 24.3 Å². The molecule has 1 aliphatic heterocycles. The van der Waals surface area contributed by atoms with E-state index in [1.165, 1.54) is 11.8 Å². The molecule has 0 saturated carbocycles. The van der Waals surface area contributed by atoms with Crippen LogP contribution >= 0.6 is 0 Å². The SMILES string of the molecule is CCOc1ccc(N(CCC(=O)NC2CCS(=O)(=O)C2)C(C)=O)cc1. The van der Waals surface area contributed by atoms with Crippen molar-refractivity contribution < 1.29 is 22.7 Å². The number of amides is 2. The molecule has 1 atom stereocenters. The summed E-state index contributed by atoms with van der Waals surface area (Å²) >= 11 is 0. The van der Waals surface area contributed by atoms with E-state index in [0.717, 1.165) is 5.75 Å². The molecule has 7 nitrogen and oxygen atoms in total. The van der Waals surface area contributed by atoms with Crippen LogP contribution in [-0.4, -0.2) is 50.9 Å². The van der Waals surface area contributed by atoms with Gasteiger partial charge in [0, 0.05) is 31.6 Å². The minimum absolute atomic E-state index is 0.00590. The number of carbonyl (C=O) groups excluding carboxylic acids is 2. The predicted octanol–water partition coefficient (Wildman–Crippen LogP) is 1.13. The Bertz CT molecular complexity index is 715. The van der Waals surface area contributed by atoms with Crippen LogP contribution in [0.1, 0.15) is 26.7 Å². The first-order chi connectivity index (χ1) is 11.8. The van der Waals surface area contributed by atoms with Gasteiger partial charge in [0.05, 0.1) is 18.1 Å². The van der Waals surface area contributed by atoms with Crippen LogP contribution in [0.25, 0.3) is 0 Å². The van der Waals surface area contributed by atoms with Gasteiger partial charge in [-0.2, -0.15) is 0 Å². The topological polar surface area (TPSA) is 92.8 Å². The quantitative estimate of drug-likeness (QED) is 0.779.